The van der Waals surface area contributed by atoms with Crippen LogP contribution in [0.3, 0.4) is 0 Å². The van der Waals surface area contributed by atoms with Crippen molar-refractivity contribution in [2.75, 3.05) is 13.2 Å². The fourth-order valence-corrected chi connectivity index (χ4v) is 2.62. The van der Waals surface area contributed by atoms with Crippen LogP contribution >= 0.6 is 23.8 Å². The topological polar surface area (TPSA) is 88.7 Å². The molecule has 0 unspecified atom stereocenters. The predicted molar refractivity (Wildman–Crippen MR) is 120 cm³/mol. The Bertz CT molecular complexity index is 904. The summed E-state index contributed by atoms with van der Waals surface area (Å²) in [6.07, 6.45) is 0. The number of rotatable bonds is 7. The molecular formula is C21H24ClN3O4S. The largest absolute Gasteiger partial charge is 0.493 e. The van der Waals surface area contributed by atoms with Crippen molar-refractivity contribution >= 4 is 40.7 Å². The first-order valence-corrected chi connectivity index (χ1v) is 10.0. The summed E-state index contributed by atoms with van der Waals surface area (Å²) in [5.74, 6) is 0.764. The van der Waals surface area contributed by atoms with E-state index in [0.717, 1.165) is 5.56 Å². The zero-order valence-corrected chi connectivity index (χ0v) is 18.5. The van der Waals surface area contributed by atoms with Crippen LogP contribution in [-0.2, 0) is 4.79 Å². The lowest BCUT2D eigenvalue weighted by Gasteiger charge is -2.13. The first kappa shape index (κ1) is 23.4. The Labute approximate surface area is 186 Å². The predicted octanol–water partition coefficient (Wildman–Crippen LogP) is 3.40. The number of nitrogens with one attached hydrogen (secondary N) is 3. The molecule has 0 fully saturated rings. The Morgan fingerprint density at radius 3 is 2.40 bits per heavy atom. The summed E-state index contributed by atoms with van der Waals surface area (Å²) in [5, 5.41) is 3.02. The van der Waals surface area contributed by atoms with Crippen LogP contribution in [0, 0.1) is 12.8 Å². The van der Waals surface area contributed by atoms with Crippen molar-refractivity contribution in [3.8, 4) is 11.5 Å². The number of carbonyl (C=O) groups excluding carboxylic acids is 2. The lowest BCUT2D eigenvalue weighted by molar-refractivity contribution is -0.123. The van der Waals surface area contributed by atoms with E-state index in [1.165, 1.54) is 0 Å². The standard InChI is InChI=1S/C21H24ClN3O4S/c1-13(2)11-28-17-7-4-15(5-8-17)20(27)23-21(30)25-24-19(26)12-29-18-9-6-16(22)10-14(18)3/h4-10,13H,11-12H2,1-3H3,(H,24,26)(H2,23,25,27,30). The quantitative estimate of drug-likeness (QED) is 0.443. The van der Waals surface area contributed by atoms with E-state index in [4.69, 9.17) is 33.3 Å². The third kappa shape index (κ3) is 7.88. The maximum Gasteiger partial charge on any atom is 0.276 e. The van der Waals surface area contributed by atoms with Crippen LogP contribution in [0.25, 0.3) is 0 Å². The van der Waals surface area contributed by atoms with Gasteiger partial charge in [-0.05, 0) is 73.1 Å². The van der Waals surface area contributed by atoms with Gasteiger partial charge in [0.05, 0.1) is 6.61 Å². The molecule has 0 heterocycles. The minimum Gasteiger partial charge on any atom is -0.493 e. The Morgan fingerprint density at radius 2 is 1.77 bits per heavy atom. The number of thiocarbonyl (C=S) groups is 1. The summed E-state index contributed by atoms with van der Waals surface area (Å²) in [6.45, 7) is 6.30. The maximum absolute atomic E-state index is 12.2. The van der Waals surface area contributed by atoms with Crippen LogP contribution in [0.1, 0.15) is 29.8 Å². The molecule has 0 bridgehead atoms. The summed E-state index contributed by atoms with van der Waals surface area (Å²) in [6, 6.07) is 11.8. The average Bonchev–Trinajstić information content (AvgIpc) is 2.70. The van der Waals surface area contributed by atoms with E-state index in [2.05, 4.69) is 30.0 Å². The zero-order valence-electron chi connectivity index (χ0n) is 17.0. The molecule has 2 aromatic carbocycles. The van der Waals surface area contributed by atoms with E-state index >= 15 is 0 Å². The lowest BCUT2D eigenvalue weighted by atomic mass is 10.2. The van der Waals surface area contributed by atoms with E-state index < -0.39 is 11.8 Å². The van der Waals surface area contributed by atoms with Crippen molar-refractivity contribution in [3.05, 3.63) is 58.6 Å². The molecule has 2 aromatic rings. The molecule has 0 radical (unpaired) electrons. The van der Waals surface area contributed by atoms with Crippen LogP contribution in [0.4, 0.5) is 0 Å². The summed E-state index contributed by atoms with van der Waals surface area (Å²) in [5.41, 5.74) is 6.04. The molecule has 0 spiro atoms. The van der Waals surface area contributed by atoms with Crippen LogP contribution in [-0.4, -0.2) is 30.1 Å². The molecule has 0 atom stereocenters. The highest BCUT2D eigenvalue weighted by Crippen LogP contribution is 2.21. The highest BCUT2D eigenvalue weighted by molar-refractivity contribution is 7.80. The van der Waals surface area contributed by atoms with Gasteiger partial charge in [-0.15, -0.1) is 0 Å². The molecule has 30 heavy (non-hydrogen) atoms. The third-order valence-corrected chi connectivity index (χ3v) is 4.18. The van der Waals surface area contributed by atoms with Crippen LogP contribution < -0.4 is 25.6 Å². The SMILES string of the molecule is Cc1cc(Cl)ccc1OCC(=O)NNC(=S)NC(=O)c1ccc(OCC(C)C)cc1. The third-order valence-electron chi connectivity index (χ3n) is 3.74. The van der Waals surface area contributed by atoms with E-state index in [9.17, 15) is 9.59 Å². The van der Waals surface area contributed by atoms with Crippen LogP contribution in [0.5, 0.6) is 11.5 Å². The van der Waals surface area contributed by atoms with E-state index in [1.54, 1.807) is 42.5 Å². The monoisotopic (exact) mass is 449 g/mol. The summed E-state index contributed by atoms with van der Waals surface area (Å²) < 4.78 is 11.0. The Balaban J connectivity index is 1.74. The van der Waals surface area contributed by atoms with Gasteiger partial charge in [0.2, 0.25) is 0 Å². The van der Waals surface area contributed by atoms with E-state index in [-0.39, 0.29) is 11.7 Å². The minimum absolute atomic E-state index is 0.0452. The zero-order chi connectivity index (χ0) is 22.1. The van der Waals surface area contributed by atoms with Crippen LogP contribution in [0.2, 0.25) is 5.02 Å². The molecule has 2 rings (SSSR count). The fourth-order valence-electron chi connectivity index (χ4n) is 2.25. The first-order chi connectivity index (χ1) is 14.2. The van der Waals surface area contributed by atoms with Crippen molar-refractivity contribution in [3.63, 3.8) is 0 Å². The second-order valence-electron chi connectivity index (χ2n) is 6.88. The Kier molecular flexibility index (Phi) is 8.89. The number of benzene rings is 2. The van der Waals surface area contributed by atoms with Gasteiger partial charge in [0, 0.05) is 10.6 Å². The molecule has 0 aliphatic rings. The number of aryl methyl sites for hydroxylation is 1. The van der Waals surface area contributed by atoms with Gasteiger partial charge in [-0.3, -0.25) is 25.8 Å². The average molecular weight is 450 g/mol. The number of hydrogen-bond donors (Lipinski definition) is 3. The number of ether oxygens (including phenoxy) is 2. The molecule has 0 aromatic heterocycles. The normalized spacial score (nSPS) is 10.3. The summed E-state index contributed by atoms with van der Waals surface area (Å²) in [7, 11) is 0. The van der Waals surface area contributed by atoms with Gasteiger partial charge >= 0.3 is 0 Å². The van der Waals surface area contributed by atoms with E-state index in [0.29, 0.717) is 34.6 Å². The molecular weight excluding hydrogens is 426 g/mol. The number of carbonyl (C=O) groups is 2. The molecule has 0 saturated carbocycles. The second kappa shape index (κ2) is 11.4. The van der Waals surface area contributed by atoms with Gasteiger partial charge in [-0.25, -0.2) is 0 Å². The van der Waals surface area contributed by atoms with Crippen LogP contribution in [0.15, 0.2) is 42.5 Å². The fraction of sp³-hybridized carbons (Fsp3) is 0.286. The number of hydrazine groups is 1. The highest BCUT2D eigenvalue weighted by atomic mass is 35.5. The van der Waals surface area contributed by atoms with Gasteiger partial charge in [0.15, 0.2) is 11.7 Å². The molecule has 0 saturated heterocycles. The minimum atomic E-state index is -0.465. The number of amides is 2. The molecule has 9 heteroatoms. The highest BCUT2D eigenvalue weighted by Gasteiger charge is 2.10. The van der Waals surface area contributed by atoms with Gasteiger partial charge in [0.1, 0.15) is 11.5 Å². The maximum atomic E-state index is 12.2. The smallest absolute Gasteiger partial charge is 0.276 e. The van der Waals surface area contributed by atoms with Gasteiger partial charge in [-0.2, -0.15) is 0 Å². The van der Waals surface area contributed by atoms with E-state index in [1.807, 2.05) is 6.92 Å². The van der Waals surface area contributed by atoms with Gasteiger partial charge in [0.25, 0.3) is 11.8 Å². The molecule has 3 N–H and O–H groups in total. The molecule has 0 aliphatic heterocycles. The Morgan fingerprint density at radius 1 is 1.07 bits per heavy atom. The lowest BCUT2D eigenvalue weighted by Crippen LogP contribution is -2.49. The summed E-state index contributed by atoms with van der Waals surface area (Å²) in [4.78, 5) is 24.1. The number of hydrogen-bond acceptors (Lipinski definition) is 5. The van der Waals surface area contributed by atoms with Crippen molar-refractivity contribution < 1.29 is 19.1 Å². The molecule has 7 nitrogen and oxygen atoms in total. The summed E-state index contributed by atoms with van der Waals surface area (Å²) >= 11 is 10.9. The van der Waals surface area contributed by atoms with Gasteiger partial charge in [-0.1, -0.05) is 25.4 Å². The molecule has 0 aliphatic carbocycles. The molecule has 160 valence electrons. The van der Waals surface area contributed by atoms with Crippen molar-refractivity contribution in [1.29, 1.82) is 0 Å². The number of halogens is 1. The second-order valence-corrected chi connectivity index (χ2v) is 7.73. The van der Waals surface area contributed by atoms with Crippen molar-refractivity contribution in [2.24, 2.45) is 5.92 Å². The molecule has 2 amide bonds. The van der Waals surface area contributed by atoms with Gasteiger partial charge < -0.3 is 9.47 Å². The Hall–Kier alpha value is -2.84. The van der Waals surface area contributed by atoms with Crippen molar-refractivity contribution in [2.45, 2.75) is 20.8 Å². The first-order valence-electron chi connectivity index (χ1n) is 9.26. The van der Waals surface area contributed by atoms with Crippen molar-refractivity contribution in [1.82, 2.24) is 16.2 Å².